The number of hydrogen-bond donors (Lipinski definition) is 1. The summed E-state index contributed by atoms with van der Waals surface area (Å²) in [5.74, 6) is 0.450. The molecule has 1 aliphatic heterocycles. The zero-order valence-corrected chi connectivity index (χ0v) is 18.1. The lowest BCUT2D eigenvalue weighted by molar-refractivity contribution is -0.133. The van der Waals surface area contributed by atoms with Gasteiger partial charge in [0.1, 0.15) is 12.3 Å². The number of ether oxygens (including phenoxy) is 1. The molecule has 0 spiro atoms. The molecule has 1 atom stereocenters. The molecular weight excluding hydrogens is 382 g/mol. The number of carbonyl (C=O) groups is 2. The minimum absolute atomic E-state index is 0.00914. The fourth-order valence-corrected chi connectivity index (χ4v) is 3.54. The van der Waals surface area contributed by atoms with Crippen LogP contribution >= 0.6 is 0 Å². The van der Waals surface area contributed by atoms with Crippen LogP contribution in [0.5, 0.6) is 5.75 Å². The molecule has 1 aliphatic rings. The molecule has 2 aromatic rings. The van der Waals surface area contributed by atoms with Gasteiger partial charge in [0.15, 0.2) is 0 Å². The first-order chi connectivity index (χ1) is 14.3. The Labute approximate surface area is 177 Å². The Morgan fingerprint density at radius 3 is 2.63 bits per heavy atom. The van der Waals surface area contributed by atoms with Crippen molar-refractivity contribution in [2.75, 3.05) is 20.7 Å². The van der Waals surface area contributed by atoms with Crippen molar-refractivity contribution in [1.82, 2.24) is 19.8 Å². The van der Waals surface area contributed by atoms with E-state index in [1.807, 2.05) is 68.1 Å². The Balaban J connectivity index is 1.90. The van der Waals surface area contributed by atoms with E-state index < -0.39 is 0 Å². The van der Waals surface area contributed by atoms with Crippen LogP contribution in [-0.4, -0.2) is 58.9 Å². The van der Waals surface area contributed by atoms with Crippen molar-refractivity contribution in [3.8, 4) is 5.75 Å². The van der Waals surface area contributed by atoms with E-state index in [-0.39, 0.29) is 30.6 Å². The average molecular weight is 412 g/mol. The molecule has 1 aromatic heterocycles. The van der Waals surface area contributed by atoms with Gasteiger partial charge in [-0.05, 0) is 32.0 Å². The van der Waals surface area contributed by atoms with E-state index in [0.29, 0.717) is 12.2 Å². The second kappa shape index (κ2) is 9.02. The molecule has 1 aromatic carbocycles. The minimum atomic E-state index is -0.305. The number of carbonyl (C=O) groups excluding carboxylic acids is 2. The molecule has 1 N–H and O–H groups in total. The number of benzene rings is 1. The molecule has 3 rings (SSSR count). The standard InChI is InChI=1S/C22H29N5O3/c1-15(2)23-22(29)26(4)14-21(28)27-19(16-9-6-7-11-20(16)30-5)13-17(24-27)18-10-8-12-25(18)3/h6-12,15,19H,13-14H2,1-5H3,(H,23,29)/t19-/m0/s1. The molecular formula is C22H29N5O3. The summed E-state index contributed by atoms with van der Waals surface area (Å²) in [7, 11) is 5.17. The summed E-state index contributed by atoms with van der Waals surface area (Å²) >= 11 is 0. The number of hydrazone groups is 1. The van der Waals surface area contributed by atoms with Crippen LogP contribution in [-0.2, 0) is 11.8 Å². The molecule has 0 saturated carbocycles. The van der Waals surface area contributed by atoms with Gasteiger partial charge in [-0.3, -0.25) is 4.79 Å². The summed E-state index contributed by atoms with van der Waals surface area (Å²) in [6.45, 7) is 3.68. The molecule has 2 heterocycles. The van der Waals surface area contributed by atoms with Crippen molar-refractivity contribution >= 4 is 17.6 Å². The van der Waals surface area contributed by atoms with Crippen molar-refractivity contribution in [2.45, 2.75) is 32.4 Å². The topological polar surface area (TPSA) is 79.2 Å². The zero-order valence-electron chi connectivity index (χ0n) is 18.1. The van der Waals surface area contributed by atoms with Crippen molar-refractivity contribution in [3.05, 3.63) is 53.9 Å². The van der Waals surface area contributed by atoms with Crippen LogP contribution in [0.3, 0.4) is 0 Å². The number of hydrogen-bond acceptors (Lipinski definition) is 4. The first-order valence-corrected chi connectivity index (χ1v) is 9.97. The van der Waals surface area contributed by atoms with E-state index in [1.165, 1.54) is 9.91 Å². The molecule has 0 aliphatic carbocycles. The number of nitrogens with one attached hydrogen (secondary N) is 1. The Morgan fingerprint density at radius 2 is 2.00 bits per heavy atom. The van der Waals surface area contributed by atoms with Gasteiger partial charge in [0, 0.05) is 38.3 Å². The second-order valence-corrected chi connectivity index (χ2v) is 7.71. The lowest BCUT2D eigenvalue weighted by Crippen LogP contribution is -2.45. The van der Waals surface area contributed by atoms with Gasteiger partial charge >= 0.3 is 6.03 Å². The zero-order chi connectivity index (χ0) is 21.8. The van der Waals surface area contributed by atoms with Gasteiger partial charge in [0.25, 0.3) is 5.91 Å². The van der Waals surface area contributed by atoms with E-state index in [1.54, 1.807) is 14.2 Å². The molecule has 30 heavy (non-hydrogen) atoms. The molecule has 0 radical (unpaired) electrons. The van der Waals surface area contributed by atoms with Crippen LogP contribution in [0.15, 0.2) is 47.7 Å². The van der Waals surface area contributed by atoms with E-state index in [9.17, 15) is 9.59 Å². The predicted octanol–water partition coefficient (Wildman–Crippen LogP) is 2.76. The highest BCUT2D eigenvalue weighted by molar-refractivity contribution is 6.02. The van der Waals surface area contributed by atoms with Crippen molar-refractivity contribution in [1.29, 1.82) is 0 Å². The second-order valence-electron chi connectivity index (χ2n) is 7.71. The average Bonchev–Trinajstić information content (AvgIpc) is 3.33. The third-order valence-corrected chi connectivity index (χ3v) is 5.03. The highest BCUT2D eigenvalue weighted by Gasteiger charge is 2.36. The van der Waals surface area contributed by atoms with Gasteiger partial charge in [-0.1, -0.05) is 18.2 Å². The van der Waals surface area contributed by atoms with Gasteiger partial charge in [-0.15, -0.1) is 0 Å². The predicted molar refractivity (Wildman–Crippen MR) is 115 cm³/mol. The van der Waals surface area contributed by atoms with Crippen LogP contribution in [0.1, 0.15) is 37.6 Å². The molecule has 8 nitrogen and oxygen atoms in total. The van der Waals surface area contributed by atoms with E-state index in [2.05, 4.69) is 10.4 Å². The van der Waals surface area contributed by atoms with E-state index in [4.69, 9.17) is 4.74 Å². The third kappa shape index (κ3) is 4.48. The molecule has 0 unspecified atom stereocenters. The quantitative estimate of drug-likeness (QED) is 0.794. The van der Waals surface area contributed by atoms with E-state index in [0.717, 1.165) is 17.0 Å². The summed E-state index contributed by atoms with van der Waals surface area (Å²) in [5, 5.41) is 8.94. The number of methoxy groups -OCH3 is 1. The summed E-state index contributed by atoms with van der Waals surface area (Å²) < 4.78 is 7.51. The summed E-state index contributed by atoms with van der Waals surface area (Å²) in [6, 6.07) is 11.0. The van der Waals surface area contributed by atoms with Crippen LogP contribution in [0.4, 0.5) is 4.79 Å². The van der Waals surface area contributed by atoms with Gasteiger partial charge in [-0.25, -0.2) is 9.80 Å². The highest BCUT2D eigenvalue weighted by atomic mass is 16.5. The number of aromatic nitrogens is 1. The largest absolute Gasteiger partial charge is 0.496 e. The summed E-state index contributed by atoms with van der Waals surface area (Å²) in [5.41, 5.74) is 2.66. The Bertz CT molecular complexity index is 950. The Hall–Kier alpha value is -3.29. The number of rotatable bonds is 6. The van der Waals surface area contributed by atoms with Crippen LogP contribution in [0.2, 0.25) is 0 Å². The van der Waals surface area contributed by atoms with Crippen molar-refractivity contribution in [3.63, 3.8) is 0 Å². The van der Waals surface area contributed by atoms with Crippen LogP contribution in [0.25, 0.3) is 0 Å². The normalized spacial score (nSPS) is 15.9. The minimum Gasteiger partial charge on any atom is -0.496 e. The lowest BCUT2D eigenvalue weighted by Gasteiger charge is -2.26. The molecule has 160 valence electrons. The molecule has 0 fully saturated rings. The number of urea groups is 1. The lowest BCUT2D eigenvalue weighted by atomic mass is 9.99. The van der Waals surface area contributed by atoms with Gasteiger partial charge in [0.05, 0.1) is 24.6 Å². The number of para-hydroxylation sites is 1. The summed E-state index contributed by atoms with van der Waals surface area (Å²) in [6.07, 6.45) is 2.51. The summed E-state index contributed by atoms with van der Waals surface area (Å²) in [4.78, 5) is 26.8. The monoisotopic (exact) mass is 411 g/mol. The molecule has 0 saturated heterocycles. The number of likely N-dealkylation sites (N-methyl/N-ethyl adjacent to an activating group) is 1. The molecule has 8 heteroatoms. The number of amides is 3. The smallest absolute Gasteiger partial charge is 0.317 e. The highest BCUT2D eigenvalue weighted by Crippen LogP contribution is 2.37. The van der Waals surface area contributed by atoms with Crippen molar-refractivity contribution < 1.29 is 14.3 Å². The molecule has 3 amide bonds. The number of aryl methyl sites for hydroxylation is 1. The Kier molecular flexibility index (Phi) is 6.44. The maximum atomic E-state index is 13.2. The first-order valence-electron chi connectivity index (χ1n) is 9.97. The Morgan fingerprint density at radius 1 is 1.27 bits per heavy atom. The fraction of sp³-hybridized carbons (Fsp3) is 0.409. The van der Waals surface area contributed by atoms with Crippen LogP contribution in [0, 0.1) is 0 Å². The maximum absolute atomic E-state index is 13.2. The van der Waals surface area contributed by atoms with Gasteiger partial charge in [-0.2, -0.15) is 5.10 Å². The fourth-order valence-electron chi connectivity index (χ4n) is 3.54. The first kappa shape index (κ1) is 21.4. The van der Waals surface area contributed by atoms with Crippen LogP contribution < -0.4 is 10.1 Å². The van der Waals surface area contributed by atoms with Gasteiger partial charge in [0.2, 0.25) is 0 Å². The SMILES string of the molecule is COc1ccccc1[C@@H]1CC(c2cccn2C)=NN1C(=O)CN(C)C(=O)NC(C)C. The van der Waals surface area contributed by atoms with E-state index >= 15 is 0 Å². The van der Waals surface area contributed by atoms with Crippen molar-refractivity contribution in [2.24, 2.45) is 12.1 Å². The maximum Gasteiger partial charge on any atom is 0.317 e. The molecule has 0 bridgehead atoms. The van der Waals surface area contributed by atoms with Gasteiger partial charge < -0.3 is 19.5 Å². The third-order valence-electron chi connectivity index (χ3n) is 5.03. The number of nitrogens with zero attached hydrogens (tertiary/aromatic N) is 4.